The summed E-state index contributed by atoms with van der Waals surface area (Å²) in [5.41, 5.74) is 8.97. The maximum absolute atomic E-state index is 5.93. The number of hydrogen-bond acceptors (Lipinski definition) is 5. The van der Waals surface area contributed by atoms with E-state index in [1.54, 1.807) is 24.5 Å². The van der Waals surface area contributed by atoms with Crippen LogP contribution in [0.25, 0.3) is 5.57 Å². The molecule has 3 heterocycles. The molecule has 0 spiro atoms. The maximum Gasteiger partial charge on any atom is 0.149 e. The summed E-state index contributed by atoms with van der Waals surface area (Å²) in [6, 6.07) is 7.24. The second-order valence-corrected chi connectivity index (χ2v) is 4.86. The van der Waals surface area contributed by atoms with Gasteiger partial charge >= 0.3 is 0 Å². The van der Waals surface area contributed by atoms with Gasteiger partial charge in [-0.1, -0.05) is 13.5 Å². The summed E-state index contributed by atoms with van der Waals surface area (Å²) < 4.78 is 5.93. The third kappa shape index (κ3) is 2.88. The van der Waals surface area contributed by atoms with E-state index in [4.69, 9.17) is 10.5 Å². The smallest absolute Gasteiger partial charge is 0.149 e. The Kier molecular flexibility index (Phi) is 3.70. The highest BCUT2D eigenvalue weighted by Crippen LogP contribution is 2.27. The Morgan fingerprint density at radius 3 is 2.86 bits per heavy atom. The predicted molar refractivity (Wildman–Crippen MR) is 87.9 cm³/mol. The Hall–Kier alpha value is -2.95. The summed E-state index contributed by atoms with van der Waals surface area (Å²) in [5, 5.41) is 0. The Balaban J connectivity index is 1.89. The lowest BCUT2D eigenvalue weighted by Crippen LogP contribution is -1.98. The molecule has 3 rings (SSSR count). The van der Waals surface area contributed by atoms with Crippen LogP contribution in [0.5, 0.6) is 11.5 Å². The zero-order valence-corrected chi connectivity index (χ0v) is 12.3. The third-order valence-electron chi connectivity index (χ3n) is 3.24. The lowest BCUT2D eigenvalue weighted by molar-refractivity contribution is 0.472. The van der Waals surface area contributed by atoms with Crippen LogP contribution in [-0.2, 0) is 6.42 Å². The van der Waals surface area contributed by atoms with E-state index in [9.17, 15) is 0 Å². The van der Waals surface area contributed by atoms with Crippen molar-refractivity contribution >= 4 is 17.6 Å². The first-order chi connectivity index (χ1) is 10.7. The fraction of sp³-hybridized carbons (Fsp3) is 0.118. The molecule has 2 aromatic heterocycles. The van der Waals surface area contributed by atoms with Crippen LogP contribution >= 0.6 is 0 Å². The van der Waals surface area contributed by atoms with Gasteiger partial charge in [0, 0.05) is 24.1 Å². The molecular weight excluding hydrogens is 276 g/mol. The van der Waals surface area contributed by atoms with Gasteiger partial charge in [0.1, 0.15) is 17.3 Å². The molecule has 1 aliphatic heterocycles. The number of allylic oxidation sites excluding steroid dienone is 2. The highest BCUT2D eigenvalue weighted by atomic mass is 16.5. The number of aliphatic imine (C=N–C) groups is 1. The Morgan fingerprint density at radius 2 is 2.14 bits per heavy atom. The van der Waals surface area contributed by atoms with Gasteiger partial charge in [-0.25, -0.2) is 4.98 Å². The van der Waals surface area contributed by atoms with Gasteiger partial charge < -0.3 is 10.5 Å². The second kappa shape index (κ2) is 5.81. The number of rotatable bonds is 4. The summed E-state index contributed by atoms with van der Waals surface area (Å²) >= 11 is 0. The number of nitrogens with two attached hydrogens (primary N) is 1. The minimum atomic E-state index is 0.491. The molecule has 1 aliphatic rings. The number of pyridine rings is 2. The molecule has 2 aromatic rings. The van der Waals surface area contributed by atoms with Gasteiger partial charge in [-0.05, 0) is 30.7 Å². The Labute approximate surface area is 128 Å². The zero-order valence-electron chi connectivity index (χ0n) is 12.3. The van der Waals surface area contributed by atoms with Gasteiger partial charge in [-0.2, -0.15) is 0 Å². The summed E-state index contributed by atoms with van der Waals surface area (Å²) in [6.45, 7) is 5.81. The molecule has 2 N–H and O–H groups in total. The van der Waals surface area contributed by atoms with Crippen molar-refractivity contribution in [1.82, 2.24) is 9.97 Å². The molecule has 5 nitrogen and oxygen atoms in total. The molecule has 0 saturated carbocycles. The molecule has 0 bridgehead atoms. The van der Waals surface area contributed by atoms with Gasteiger partial charge in [0.05, 0.1) is 17.1 Å². The number of aromatic nitrogens is 2. The highest BCUT2D eigenvalue weighted by molar-refractivity contribution is 6.12. The first kappa shape index (κ1) is 14.0. The first-order valence-electron chi connectivity index (χ1n) is 7.00. The van der Waals surface area contributed by atoms with Crippen molar-refractivity contribution in [2.45, 2.75) is 13.3 Å². The number of aryl methyl sites for hydroxylation is 1. The van der Waals surface area contributed by atoms with Gasteiger partial charge in [-0.15, -0.1) is 0 Å². The van der Waals surface area contributed by atoms with Crippen LogP contribution in [0.2, 0.25) is 0 Å². The standard InChI is InChI=1S/C17H16N4O/c1-3-14-16(4-5-17(18)21-14)22-13-6-7-19-15(9-13)12-8-11(2)20-10-12/h4-10H,2-3H2,1H3,(H2,18,21). The monoisotopic (exact) mass is 292 g/mol. The van der Waals surface area contributed by atoms with E-state index in [0.717, 1.165) is 29.1 Å². The van der Waals surface area contributed by atoms with Crippen LogP contribution < -0.4 is 10.5 Å². The fourth-order valence-corrected chi connectivity index (χ4v) is 2.16. The summed E-state index contributed by atoms with van der Waals surface area (Å²) in [4.78, 5) is 12.8. The van der Waals surface area contributed by atoms with Crippen LogP contribution in [0, 0.1) is 0 Å². The van der Waals surface area contributed by atoms with E-state index in [1.165, 1.54) is 0 Å². The number of hydrogen-bond donors (Lipinski definition) is 1. The van der Waals surface area contributed by atoms with Crippen LogP contribution in [0.3, 0.4) is 0 Å². The largest absolute Gasteiger partial charge is 0.455 e. The summed E-state index contributed by atoms with van der Waals surface area (Å²) in [7, 11) is 0. The van der Waals surface area contributed by atoms with Crippen LogP contribution in [0.1, 0.15) is 18.3 Å². The number of ether oxygens (including phenoxy) is 1. The number of nitrogen functional groups attached to an aromatic ring is 1. The van der Waals surface area contributed by atoms with Crippen LogP contribution in [-0.4, -0.2) is 16.2 Å². The first-order valence-corrected chi connectivity index (χ1v) is 7.00. The molecule has 0 saturated heterocycles. The average Bonchev–Trinajstić information content (AvgIpc) is 2.96. The Morgan fingerprint density at radius 1 is 1.27 bits per heavy atom. The molecule has 0 fully saturated rings. The third-order valence-corrected chi connectivity index (χ3v) is 3.24. The average molecular weight is 292 g/mol. The molecule has 0 unspecified atom stereocenters. The molecule has 0 aromatic carbocycles. The lowest BCUT2D eigenvalue weighted by atomic mass is 10.2. The van der Waals surface area contributed by atoms with Crippen LogP contribution in [0.4, 0.5) is 5.82 Å². The maximum atomic E-state index is 5.93. The van der Waals surface area contributed by atoms with Crippen LogP contribution in [0.15, 0.2) is 53.8 Å². The molecular formula is C17H16N4O. The molecule has 0 atom stereocenters. The van der Waals surface area contributed by atoms with Crippen molar-refractivity contribution in [3.05, 3.63) is 60.2 Å². The summed E-state index contributed by atoms with van der Waals surface area (Å²) in [5.74, 6) is 1.89. The molecule has 0 radical (unpaired) electrons. The van der Waals surface area contributed by atoms with Gasteiger partial charge in [0.25, 0.3) is 0 Å². The second-order valence-electron chi connectivity index (χ2n) is 4.86. The van der Waals surface area contributed by atoms with Crippen molar-refractivity contribution in [3.63, 3.8) is 0 Å². The Bertz CT molecular complexity index is 793. The zero-order chi connectivity index (χ0) is 15.5. The van der Waals surface area contributed by atoms with E-state index < -0.39 is 0 Å². The van der Waals surface area contributed by atoms with E-state index >= 15 is 0 Å². The molecule has 0 amide bonds. The predicted octanol–water partition coefficient (Wildman–Crippen LogP) is 3.40. The van der Waals surface area contributed by atoms with E-state index in [2.05, 4.69) is 21.5 Å². The van der Waals surface area contributed by atoms with Gasteiger partial charge in [-0.3, -0.25) is 9.98 Å². The van der Waals surface area contributed by atoms with Crippen molar-refractivity contribution in [2.75, 3.05) is 5.73 Å². The fourth-order valence-electron chi connectivity index (χ4n) is 2.16. The SMILES string of the molecule is C=C1C=C(c2cc(Oc3ccc(N)nc3CC)ccn2)C=N1. The highest BCUT2D eigenvalue weighted by Gasteiger charge is 2.10. The molecule has 5 heteroatoms. The minimum absolute atomic E-state index is 0.491. The normalized spacial score (nSPS) is 13.3. The minimum Gasteiger partial charge on any atom is -0.455 e. The number of anilines is 1. The van der Waals surface area contributed by atoms with Crippen molar-refractivity contribution in [3.8, 4) is 11.5 Å². The van der Waals surface area contributed by atoms with Crippen molar-refractivity contribution < 1.29 is 4.74 Å². The van der Waals surface area contributed by atoms with Gasteiger partial charge in [0.2, 0.25) is 0 Å². The topological polar surface area (TPSA) is 73.4 Å². The quantitative estimate of drug-likeness (QED) is 0.937. The van der Waals surface area contributed by atoms with E-state index in [1.807, 2.05) is 25.1 Å². The van der Waals surface area contributed by atoms with E-state index in [-0.39, 0.29) is 0 Å². The van der Waals surface area contributed by atoms with E-state index in [0.29, 0.717) is 17.3 Å². The summed E-state index contributed by atoms with van der Waals surface area (Å²) in [6.07, 6.45) is 6.08. The lowest BCUT2D eigenvalue weighted by Gasteiger charge is -2.10. The molecule has 22 heavy (non-hydrogen) atoms. The molecule has 0 aliphatic carbocycles. The molecule has 110 valence electrons. The number of nitrogens with zero attached hydrogens (tertiary/aromatic N) is 3. The van der Waals surface area contributed by atoms with Crippen molar-refractivity contribution in [1.29, 1.82) is 0 Å². The van der Waals surface area contributed by atoms with Crippen molar-refractivity contribution in [2.24, 2.45) is 4.99 Å². The van der Waals surface area contributed by atoms with Gasteiger partial charge in [0.15, 0.2) is 0 Å².